The Morgan fingerprint density at radius 1 is 1.14 bits per heavy atom. The zero-order valence-electron chi connectivity index (χ0n) is 12.0. The minimum Gasteiger partial charge on any atom is -0.481 e. The molecule has 1 aromatic carbocycles. The van der Waals surface area contributed by atoms with Crippen LogP contribution in [0, 0.1) is 0 Å². The molecule has 0 aliphatic heterocycles. The van der Waals surface area contributed by atoms with Crippen LogP contribution in [-0.4, -0.2) is 35.5 Å². The zero-order chi connectivity index (χ0) is 15.7. The summed E-state index contributed by atoms with van der Waals surface area (Å²) in [6.07, 6.45) is 0.587. The van der Waals surface area contributed by atoms with Gasteiger partial charge in [0, 0.05) is 12.5 Å². The molecule has 3 N–H and O–H groups in total. The summed E-state index contributed by atoms with van der Waals surface area (Å²) in [5, 5.41) is 13.7. The van der Waals surface area contributed by atoms with Crippen LogP contribution in [0.15, 0.2) is 30.3 Å². The van der Waals surface area contributed by atoms with Crippen LogP contribution in [0.2, 0.25) is 0 Å². The van der Waals surface area contributed by atoms with E-state index in [2.05, 4.69) is 10.6 Å². The molecule has 1 atom stereocenters. The molecule has 0 spiro atoms. The molecule has 0 radical (unpaired) electrons. The van der Waals surface area contributed by atoms with E-state index in [9.17, 15) is 14.4 Å². The van der Waals surface area contributed by atoms with Gasteiger partial charge in [0.1, 0.15) is 0 Å². The molecule has 6 heteroatoms. The van der Waals surface area contributed by atoms with Crippen LogP contribution in [0.5, 0.6) is 0 Å². The van der Waals surface area contributed by atoms with Crippen molar-refractivity contribution in [3.8, 4) is 0 Å². The Kier molecular flexibility index (Phi) is 6.94. The second kappa shape index (κ2) is 8.73. The maximum absolute atomic E-state index is 11.6. The Bertz CT molecular complexity index is 488. The number of benzene rings is 1. The molecule has 1 aromatic rings. The van der Waals surface area contributed by atoms with Gasteiger partial charge in [-0.1, -0.05) is 30.3 Å². The van der Waals surface area contributed by atoms with Crippen LogP contribution in [0.3, 0.4) is 0 Å². The van der Waals surface area contributed by atoms with Gasteiger partial charge in [0.15, 0.2) is 0 Å². The molecule has 1 unspecified atom stereocenters. The van der Waals surface area contributed by atoms with E-state index < -0.39 is 5.97 Å². The Morgan fingerprint density at radius 2 is 1.81 bits per heavy atom. The number of carbonyl (C=O) groups excluding carboxylic acids is 2. The highest BCUT2D eigenvalue weighted by Crippen LogP contribution is 1.99. The molecule has 21 heavy (non-hydrogen) atoms. The van der Waals surface area contributed by atoms with Crippen molar-refractivity contribution < 1.29 is 19.5 Å². The lowest BCUT2D eigenvalue weighted by Gasteiger charge is -2.13. The van der Waals surface area contributed by atoms with Gasteiger partial charge in [0.05, 0.1) is 13.0 Å². The summed E-state index contributed by atoms with van der Waals surface area (Å²) in [4.78, 5) is 33.6. The van der Waals surface area contributed by atoms with Crippen LogP contribution in [0.1, 0.15) is 25.3 Å². The zero-order valence-corrected chi connectivity index (χ0v) is 12.0. The van der Waals surface area contributed by atoms with E-state index in [0.717, 1.165) is 5.56 Å². The number of aliphatic carboxylic acids is 1. The number of nitrogens with one attached hydrogen (secondary N) is 2. The molecule has 6 nitrogen and oxygen atoms in total. The predicted molar refractivity (Wildman–Crippen MR) is 77.6 cm³/mol. The van der Waals surface area contributed by atoms with Gasteiger partial charge in [0.2, 0.25) is 11.8 Å². The summed E-state index contributed by atoms with van der Waals surface area (Å²) in [6, 6.07) is 9.01. The summed E-state index contributed by atoms with van der Waals surface area (Å²) in [5.74, 6) is -1.45. The van der Waals surface area contributed by atoms with Gasteiger partial charge in [-0.3, -0.25) is 14.4 Å². The van der Waals surface area contributed by atoms with Crippen LogP contribution in [0.4, 0.5) is 0 Å². The lowest BCUT2D eigenvalue weighted by atomic mass is 10.1. The SMILES string of the molecule is CC(CCC(=O)O)NC(=O)CNC(=O)Cc1ccccc1. The topological polar surface area (TPSA) is 95.5 Å². The van der Waals surface area contributed by atoms with E-state index in [4.69, 9.17) is 5.11 Å². The average Bonchev–Trinajstić information content (AvgIpc) is 2.44. The molecule has 114 valence electrons. The van der Waals surface area contributed by atoms with Gasteiger partial charge in [-0.25, -0.2) is 0 Å². The molecule has 0 heterocycles. The first kappa shape index (κ1) is 16.7. The maximum atomic E-state index is 11.6. The fourth-order valence-electron chi connectivity index (χ4n) is 1.76. The lowest BCUT2D eigenvalue weighted by molar-refractivity contribution is -0.137. The van der Waals surface area contributed by atoms with Crippen molar-refractivity contribution in [2.75, 3.05) is 6.54 Å². The van der Waals surface area contributed by atoms with Gasteiger partial charge < -0.3 is 15.7 Å². The van der Waals surface area contributed by atoms with Crippen molar-refractivity contribution in [3.05, 3.63) is 35.9 Å². The Labute approximate surface area is 123 Å². The molecule has 0 bridgehead atoms. The number of hydrogen-bond acceptors (Lipinski definition) is 3. The molecule has 0 aliphatic carbocycles. The van der Waals surface area contributed by atoms with E-state index in [1.807, 2.05) is 30.3 Å². The van der Waals surface area contributed by atoms with Crippen LogP contribution in [-0.2, 0) is 20.8 Å². The first-order chi connectivity index (χ1) is 9.97. The van der Waals surface area contributed by atoms with E-state index in [1.54, 1.807) is 6.92 Å². The number of hydrogen-bond donors (Lipinski definition) is 3. The largest absolute Gasteiger partial charge is 0.481 e. The number of amides is 2. The maximum Gasteiger partial charge on any atom is 0.303 e. The van der Waals surface area contributed by atoms with Gasteiger partial charge in [-0.15, -0.1) is 0 Å². The number of rotatable bonds is 8. The average molecular weight is 292 g/mol. The minimum atomic E-state index is -0.896. The van der Waals surface area contributed by atoms with Crippen molar-refractivity contribution in [1.82, 2.24) is 10.6 Å². The standard InChI is InChI=1S/C15H20N2O4/c1-11(7-8-15(20)21)17-14(19)10-16-13(18)9-12-5-3-2-4-6-12/h2-6,11H,7-10H2,1H3,(H,16,18)(H,17,19)(H,20,21). The number of carboxylic acids is 1. The molecular weight excluding hydrogens is 272 g/mol. The van der Waals surface area contributed by atoms with Gasteiger partial charge in [0.25, 0.3) is 0 Å². The van der Waals surface area contributed by atoms with Crippen LogP contribution < -0.4 is 10.6 Å². The quantitative estimate of drug-likeness (QED) is 0.657. The molecule has 0 aliphatic rings. The molecule has 0 saturated heterocycles. The van der Waals surface area contributed by atoms with E-state index >= 15 is 0 Å². The Morgan fingerprint density at radius 3 is 2.43 bits per heavy atom. The molecule has 0 aromatic heterocycles. The Balaban J connectivity index is 2.23. The highest BCUT2D eigenvalue weighted by molar-refractivity contribution is 5.85. The monoisotopic (exact) mass is 292 g/mol. The minimum absolute atomic E-state index is 0.00180. The van der Waals surface area contributed by atoms with Crippen molar-refractivity contribution in [2.45, 2.75) is 32.2 Å². The summed E-state index contributed by atoms with van der Waals surface area (Å²) in [6.45, 7) is 1.62. The van der Waals surface area contributed by atoms with Crippen molar-refractivity contribution >= 4 is 17.8 Å². The molecule has 0 fully saturated rings. The van der Waals surface area contributed by atoms with Gasteiger partial charge in [-0.05, 0) is 18.9 Å². The highest BCUT2D eigenvalue weighted by atomic mass is 16.4. The number of carbonyl (C=O) groups is 3. The first-order valence-corrected chi connectivity index (χ1v) is 6.79. The summed E-state index contributed by atoms with van der Waals surface area (Å²) in [7, 11) is 0. The predicted octanol–water partition coefficient (Wildman–Crippen LogP) is 0.715. The van der Waals surface area contributed by atoms with Gasteiger partial charge >= 0.3 is 5.97 Å². The fraction of sp³-hybridized carbons (Fsp3) is 0.400. The second-order valence-corrected chi connectivity index (χ2v) is 4.84. The highest BCUT2D eigenvalue weighted by Gasteiger charge is 2.10. The van der Waals surface area contributed by atoms with Crippen LogP contribution in [0.25, 0.3) is 0 Å². The molecule has 1 rings (SSSR count). The summed E-state index contributed by atoms with van der Waals surface area (Å²) >= 11 is 0. The third-order valence-electron chi connectivity index (χ3n) is 2.85. The molecular formula is C15H20N2O4. The van der Waals surface area contributed by atoms with Crippen molar-refractivity contribution in [3.63, 3.8) is 0 Å². The third kappa shape index (κ3) is 7.71. The molecule has 0 saturated carbocycles. The first-order valence-electron chi connectivity index (χ1n) is 6.79. The summed E-state index contributed by atoms with van der Waals surface area (Å²) < 4.78 is 0. The second-order valence-electron chi connectivity index (χ2n) is 4.84. The van der Waals surface area contributed by atoms with Crippen LogP contribution >= 0.6 is 0 Å². The fourth-order valence-corrected chi connectivity index (χ4v) is 1.76. The third-order valence-corrected chi connectivity index (χ3v) is 2.85. The van der Waals surface area contributed by atoms with Crippen molar-refractivity contribution in [2.24, 2.45) is 0 Å². The summed E-state index contributed by atoms with van der Waals surface area (Å²) in [5.41, 5.74) is 0.880. The number of carboxylic acid groups (broad SMARTS) is 1. The Hall–Kier alpha value is -2.37. The van der Waals surface area contributed by atoms with E-state index in [-0.39, 0.29) is 37.2 Å². The van der Waals surface area contributed by atoms with Gasteiger partial charge in [-0.2, -0.15) is 0 Å². The van der Waals surface area contributed by atoms with Crippen molar-refractivity contribution in [1.29, 1.82) is 0 Å². The normalized spacial score (nSPS) is 11.5. The smallest absolute Gasteiger partial charge is 0.303 e. The molecule has 2 amide bonds. The van der Waals surface area contributed by atoms with E-state index in [1.165, 1.54) is 0 Å². The van der Waals surface area contributed by atoms with E-state index in [0.29, 0.717) is 6.42 Å². The lowest BCUT2D eigenvalue weighted by Crippen LogP contribution is -2.41.